The number of fused-ring (bicyclic) bond motifs is 1. The Morgan fingerprint density at radius 2 is 2.27 bits per heavy atom. The van der Waals surface area contributed by atoms with Gasteiger partial charge in [0.05, 0.1) is 11.1 Å². The van der Waals surface area contributed by atoms with E-state index in [-0.39, 0.29) is 6.54 Å². The van der Waals surface area contributed by atoms with Gasteiger partial charge in [0.2, 0.25) is 0 Å². The van der Waals surface area contributed by atoms with E-state index in [1.807, 2.05) is 36.0 Å². The highest BCUT2D eigenvalue weighted by molar-refractivity contribution is 6.35. The van der Waals surface area contributed by atoms with E-state index in [9.17, 15) is 5.11 Å². The molecule has 0 aliphatic rings. The van der Waals surface area contributed by atoms with Gasteiger partial charge in [0, 0.05) is 30.7 Å². The Morgan fingerprint density at radius 1 is 1.53 bits per heavy atom. The molecule has 1 aromatic heterocycles. The molecule has 0 spiro atoms. The molecule has 0 saturated carbocycles. The van der Waals surface area contributed by atoms with Crippen molar-refractivity contribution in [3.05, 3.63) is 35.0 Å². The zero-order valence-corrected chi connectivity index (χ0v) is 9.20. The van der Waals surface area contributed by atoms with E-state index in [2.05, 4.69) is 0 Å². The van der Waals surface area contributed by atoms with Crippen molar-refractivity contribution in [2.24, 2.45) is 12.8 Å². The fourth-order valence-corrected chi connectivity index (χ4v) is 2.17. The second kappa shape index (κ2) is 3.85. The van der Waals surface area contributed by atoms with Crippen LogP contribution in [0.4, 0.5) is 0 Å². The van der Waals surface area contributed by atoms with E-state index >= 15 is 0 Å². The molecule has 0 radical (unpaired) electrons. The number of aliphatic hydroxyl groups excluding tert-OH is 1. The maximum Gasteiger partial charge on any atom is 0.0919 e. The van der Waals surface area contributed by atoms with Crippen LogP contribution in [-0.2, 0) is 7.05 Å². The summed E-state index contributed by atoms with van der Waals surface area (Å²) < 4.78 is 1.93. The third-order valence-electron chi connectivity index (χ3n) is 2.58. The summed E-state index contributed by atoms with van der Waals surface area (Å²) in [6, 6.07) is 5.71. The van der Waals surface area contributed by atoms with Gasteiger partial charge in [-0.2, -0.15) is 0 Å². The third kappa shape index (κ3) is 1.63. The van der Waals surface area contributed by atoms with Gasteiger partial charge in [0.25, 0.3) is 0 Å². The first kappa shape index (κ1) is 10.5. The van der Waals surface area contributed by atoms with Crippen LogP contribution in [0.25, 0.3) is 10.9 Å². The summed E-state index contributed by atoms with van der Waals surface area (Å²) in [6.07, 6.45) is 1.17. The maximum atomic E-state index is 9.77. The maximum absolute atomic E-state index is 9.77. The number of aliphatic hydroxyl groups is 1. The largest absolute Gasteiger partial charge is 0.387 e. The van der Waals surface area contributed by atoms with E-state index in [1.165, 1.54) is 0 Å². The second-order valence-electron chi connectivity index (χ2n) is 3.58. The van der Waals surface area contributed by atoms with Gasteiger partial charge in [-0.25, -0.2) is 0 Å². The van der Waals surface area contributed by atoms with Crippen LogP contribution in [0.5, 0.6) is 0 Å². The van der Waals surface area contributed by atoms with Crippen molar-refractivity contribution < 1.29 is 5.11 Å². The van der Waals surface area contributed by atoms with Crippen LogP contribution < -0.4 is 5.73 Å². The number of aromatic nitrogens is 1. The van der Waals surface area contributed by atoms with E-state index in [0.29, 0.717) is 5.02 Å². The molecule has 0 amide bonds. The average Bonchev–Trinajstić information content (AvgIpc) is 2.54. The lowest BCUT2D eigenvalue weighted by molar-refractivity contribution is 0.188. The molecule has 0 saturated heterocycles. The van der Waals surface area contributed by atoms with Gasteiger partial charge in [-0.05, 0) is 11.6 Å². The fourth-order valence-electron chi connectivity index (χ4n) is 1.82. The minimum atomic E-state index is -0.659. The molecule has 2 rings (SSSR count). The lowest BCUT2D eigenvalue weighted by Crippen LogP contribution is -2.11. The summed E-state index contributed by atoms with van der Waals surface area (Å²) in [4.78, 5) is 0. The van der Waals surface area contributed by atoms with Crippen LogP contribution >= 0.6 is 11.6 Å². The van der Waals surface area contributed by atoms with Gasteiger partial charge in [-0.15, -0.1) is 0 Å². The number of nitrogens with two attached hydrogens (primary N) is 1. The molecule has 1 heterocycles. The van der Waals surface area contributed by atoms with Crippen LogP contribution in [0.3, 0.4) is 0 Å². The monoisotopic (exact) mass is 224 g/mol. The number of halogens is 1. The van der Waals surface area contributed by atoms with Crippen molar-refractivity contribution in [3.63, 3.8) is 0 Å². The Hall–Kier alpha value is -1.03. The van der Waals surface area contributed by atoms with Crippen molar-refractivity contribution in [2.75, 3.05) is 6.54 Å². The predicted octanol–water partition coefficient (Wildman–Crippen LogP) is 1.82. The van der Waals surface area contributed by atoms with Crippen molar-refractivity contribution in [1.29, 1.82) is 0 Å². The topological polar surface area (TPSA) is 51.2 Å². The quantitative estimate of drug-likeness (QED) is 0.818. The van der Waals surface area contributed by atoms with Gasteiger partial charge >= 0.3 is 0 Å². The summed E-state index contributed by atoms with van der Waals surface area (Å²) in [5.74, 6) is 0. The van der Waals surface area contributed by atoms with Crippen molar-refractivity contribution in [3.8, 4) is 0 Å². The van der Waals surface area contributed by atoms with Crippen molar-refractivity contribution in [1.82, 2.24) is 4.57 Å². The minimum Gasteiger partial charge on any atom is -0.387 e. The van der Waals surface area contributed by atoms with Crippen LogP contribution in [0.2, 0.25) is 5.02 Å². The summed E-state index contributed by atoms with van der Waals surface area (Å²) >= 11 is 6.11. The number of hydrogen-bond acceptors (Lipinski definition) is 2. The highest BCUT2D eigenvalue weighted by Crippen LogP contribution is 2.31. The number of nitrogens with zero attached hydrogens (tertiary/aromatic N) is 1. The molecule has 1 atom stereocenters. The van der Waals surface area contributed by atoms with Crippen LogP contribution in [-0.4, -0.2) is 16.2 Å². The van der Waals surface area contributed by atoms with Crippen molar-refractivity contribution >= 4 is 22.5 Å². The van der Waals surface area contributed by atoms with Gasteiger partial charge in [-0.3, -0.25) is 0 Å². The molecule has 1 unspecified atom stereocenters. The van der Waals surface area contributed by atoms with Gasteiger partial charge in [-0.1, -0.05) is 23.7 Å². The Bertz CT molecular complexity index is 493. The SMILES string of the molecule is Cn1cc(Cl)c2c(C(O)CN)cccc21. The molecule has 1 aromatic carbocycles. The second-order valence-corrected chi connectivity index (χ2v) is 3.99. The molecular weight excluding hydrogens is 212 g/mol. The summed E-state index contributed by atoms with van der Waals surface area (Å²) in [5.41, 5.74) is 7.25. The Balaban J connectivity index is 2.75. The van der Waals surface area contributed by atoms with E-state index < -0.39 is 6.10 Å². The molecular formula is C11H13ClN2O. The van der Waals surface area contributed by atoms with E-state index in [4.69, 9.17) is 17.3 Å². The first-order valence-electron chi connectivity index (χ1n) is 4.76. The van der Waals surface area contributed by atoms with Gasteiger partial charge in [0.15, 0.2) is 0 Å². The molecule has 3 nitrogen and oxygen atoms in total. The molecule has 80 valence electrons. The highest BCUT2D eigenvalue weighted by Gasteiger charge is 2.14. The van der Waals surface area contributed by atoms with Gasteiger partial charge in [0.1, 0.15) is 0 Å². The Kier molecular flexibility index (Phi) is 2.69. The van der Waals surface area contributed by atoms with Gasteiger partial charge < -0.3 is 15.4 Å². The summed E-state index contributed by atoms with van der Waals surface area (Å²) in [6.45, 7) is 0.199. The average molecular weight is 225 g/mol. The fraction of sp³-hybridized carbons (Fsp3) is 0.273. The number of aryl methyl sites for hydroxylation is 1. The molecule has 0 aliphatic heterocycles. The van der Waals surface area contributed by atoms with Crippen LogP contribution in [0.1, 0.15) is 11.7 Å². The molecule has 4 heteroatoms. The molecule has 0 fully saturated rings. The van der Waals surface area contributed by atoms with Crippen molar-refractivity contribution in [2.45, 2.75) is 6.10 Å². The number of rotatable bonds is 2. The molecule has 2 aromatic rings. The van der Waals surface area contributed by atoms with E-state index in [0.717, 1.165) is 16.5 Å². The zero-order valence-electron chi connectivity index (χ0n) is 8.44. The lowest BCUT2D eigenvalue weighted by atomic mass is 10.1. The molecule has 15 heavy (non-hydrogen) atoms. The Morgan fingerprint density at radius 3 is 2.93 bits per heavy atom. The Labute approximate surface area is 93.1 Å². The number of hydrogen-bond donors (Lipinski definition) is 2. The zero-order chi connectivity index (χ0) is 11.0. The highest BCUT2D eigenvalue weighted by atomic mass is 35.5. The van der Waals surface area contributed by atoms with Crippen LogP contribution in [0, 0.1) is 0 Å². The smallest absolute Gasteiger partial charge is 0.0919 e. The first-order chi connectivity index (χ1) is 7.15. The number of benzene rings is 1. The third-order valence-corrected chi connectivity index (χ3v) is 2.87. The van der Waals surface area contributed by atoms with E-state index in [1.54, 1.807) is 0 Å². The summed E-state index contributed by atoms with van der Waals surface area (Å²) in [7, 11) is 1.92. The van der Waals surface area contributed by atoms with Crippen LogP contribution in [0.15, 0.2) is 24.4 Å². The lowest BCUT2D eigenvalue weighted by Gasteiger charge is -2.10. The normalized spacial score (nSPS) is 13.3. The molecule has 3 N–H and O–H groups in total. The predicted molar refractivity (Wildman–Crippen MR) is 61.9 cm³/mol. The molecule has 0 aliphatic carbocycles. The molecule has 0 bridgehead atoms. The summed E-state index contributed by atoms with van der Waals surface area (Å²) in [5, 5.41) is 11.3. The minimum absolute atomic E-state index is 0.199. The first-order valence-corrected chi connectivity index (χ1v) is 5.14. The standard InChI is InChI=1S/C11H13ClN2O/c1-14-6-8(12)11-7(10(15)5-13)3-2-4-9(11)14/h2-4,6,10,15H,5,13H2,1H3.